The average Bonchev–Trinajstić information content (AvgIpc) is 3.62. The number of fused-ring (bicyclic) bond motifs is 4. The predicted molar refractivity (Wildman–Crippen MR) is 203 cm³/mol. The first-order valence-electron chi connectivity index (χ1n) is 16.3. The molecule has 0 fully saturated rings. The first kappa shape index (κ1) is 34.5. The van der Waals surface area contributed by atoms with Gasteiger partial charge in [0.1, 0.15) is 5.58 Å². The smallest absolute Gasteiger partial charge is 0.121 e. The largest absolute Gasteiger partial charge is 0.501 e. The first-order valence-corrected chi connectivity index (χ1v) is 17.1. The van der Waals surface area contributed by atoms with Gasteiger partial charge in [-0.3, -0.25) is 0 Å². The van der Waals surface area contributed by atoms with E-state index in [1.165, 1.54) is 48.3 Å². The molecule has 0 bridgehead atoms. The number of aryl methyl sites for hydroxylation is 4. The van der Waals surface area contributed by atoms with E-state index < -0.39 is 0 Å². The third-order valence-corrected chi connectivity index (χ3v) is 9.82. The molecule has 0 amide bonds. The van der Waals surface area contributed by atoms with Gasteiger partial charge >= 0.3 is 0 Å². The summed E-state index contributed by atoms with van der Waals surface area (Å²) in [6.07, 6.45) is 3.92. The van der Waals surface area contributed by atoms with Gasteiger partial charge in [-0.15, -0.1) is 65.4 Å². The van der Waals surface area contributed by atoms with Crippen molar-refractivity contribution in [2.24, 2.45) is 0 Å². The van der Waals surface area contributed by atoms with Gasteiger partial charge in [0.25, 0.3) is 0 Å². The van der Waals surface area contributed by atoms with Gasteiger partial charge in [0.2, 0.25) is 0 Å². The second-order valence-electron chi connectivity index (χ2n) is 13.6. The van der Waals surface area contributed by atoms with Crippen molar-refractivity contribution in [3.63, 3.8) is 0 Å². The molecule has 0 unspecified atom stereocenters. The van der Waals surface area contributed by atoms with Gasteiger partial charge in [0, 0.05) is 47.5 Å². The third-order valence-electron chi connectivity index (χ3n) is 8.81. The number of benzene rings is 4. The van der Waals surface area contributed by atoms with E-state index in [4.69, 9.17) is 9.40 Å². The van der Waals surface area contributed by atoms with Crippen molar-refractivity contribution < 1.29 is 24.5 Å². The standard InChI is InChI=1S/C32H28NOS.C12H10N.Ir/c1-18-9-7-10-19(2)30(18)25-15-27(33-17-26(25)32(4,5)6)23-12-8-11-22-24-16-29-21(13-20(3)35-29)14-28(24)34-31(22)23;1-10-7-8-12(13-9-10)11-5-3-2-4-6-11;/h7-11,13-17H,1-6H3;2-5,7-9H,1H3;/q2*-1;. The van der Waals surface area contributed by atoms with Crippen molar-refractivity contribution in [2.45, 2.75) is 53.9 Å². The Bertz CT molecular complexity index is 2400. The second kappa shape index (κ2) is 13.8. The molecule has 0 aliphatic rings. The number of pyridine rings is 2. The van der Waals surface area contributed by atoms with Gasteiger partial charge in [-0.05, 0) is 101 Å². The summed E-state index contributed by atoms with van der Waals surface area (Å²) in [6.45, 7) is 15.3. The van der Waals surface area contributed by atoms with E-state index in [0.717, 1.165) is 44.5 Å². The molecule has 5 heteroatoms. The Balaban J connectivity index is 0.000000250. The van der Waals surface area contributed by atoms with Crippen LogP contribution in [0.25, 0.3) is 65.7 Å². The monoisotopic (exact) mass is 835 g/mol. The summed E-state index contributed by atoms with van der Waals surface area (Å²) < 4.78 is 7.77. The van der Waals surface area contributed by atoms with Crippen LogP contribution < -0.4 is 0 Å². The molecular weight excluding hydrogens is 797 g/mol. The molecule has 0 spiro atoms. The zero-order chi connectivity index (χ0) is 33.6. The molecule has 0 aliphatic heterocycles. The molecule has 0 saturated carbocycles. The van der Waals surface area contributed by atoms with E-state index in [0.29, 0.717) is 0 Å². The van der Waals surface area contributed by atoms with Gasteiger partial charge in [0.05, 0.1) is 5.58 Å². The number of nitrogens with zero attached hydrogens (tertiary/aromatic N) is 2. The average molecular weight is 835 g/mol. The number of rotatable bonds is 3. The Morgan fingerprint density at radius 1 is 0.714 bits per heavy atom. The van der Waals surface area contributed by atoms with Crippen molar-refractivity contribution >= 4 is 43.4 Å². The molecule has 4 aromatic carbocycles. The van der Waals surface area contributed by atoms with Crippen LogP contribution in [0.15, 0.2) is 108 Å². The summed E-state index contributed by atoms with van der Waals surface area (Å²) in [4.78, 5) is 10.6. The predicted octanol–water partition coefficient (Wildman–Crippen LogP) is 12.4. The van der Waals surface area contributed by atoms with E-state index >= 15 is 0 Å². The second-order valence-corrected chi connectivity index (χ2v) is 14.9. The maximum absolute atomic E-state index is 6.48. The first-order chi connectivity index (χ1) is 23.1. The quantitative estimate of drug-likeness (QED) is 0.166. The SMILES string of the molecule is Cc1cc2cc3oc4c(-c5cc(-c6c(C)cccc6C)c(C(C)(C)C)cn5)[c-]ccc4c3cc2s1.Cc1ccc(-c2[c-]cccc2)nc1.[Ir]. The molecule has 8 aromatic rings. The van der Waals surface area contributed by atoms with Crippen LogP contribution in [-0.4, -0.2) is 9.97 Å². The van der Waals surface area contributed by atoms with Gasteiger partial charge in [-0.2, -0.15) is 0 Å². The van der Waals surface area contributed by atoms with Gasteiger partial charge in [-0.25, -0.2) is 0 Å². The van der Waals surface area contributed by atoms with E-state index in [-0.39, 0.29) is 25.5 Å². The maximum atomic E-state index is 6.48. The van der Waals surface area contributed by atoms with Gasteiger partial charge in [-0.1, -0.05) is 68.1 Å². The molecule has 4 heterocycles. The van der Waals surface area contributed by atoms with E-state index in [9.17, 15) is 0 Å². The van der Waals surface area contributed by atoms with Crippen LogP contribution in [0.1, 0.15) is 47.9 Å². The van der Waals surface area contributed by atoms with Crippen molar-refractivity contribution in [2.75, 3.05) is 0 Å². The molecule has 0 saturated heterocycles. The Morgan fingerprint density at radius 2 is 1.49 bits per heavy atom. The molecule has 0 N–H and O–H groups in total. The third kappa shape index (κ3) is 6.89. The van der Waals surface area contributed by atoms with Crippen LogP contribution in [0.2, 0.25) is 0 Å². The van der Waals surface area contributed by atoms with Crippen LogP contribution in [0, 0.1) is 39.8 Å². The fourth-order valence-electron chi connectivity index (χ4n) is 6.41. The van der Waals surface area contributed by atoms with Crippen LogP contribution in [-0.2, 0) is 25.5 Å². The topological polar surface area (TPSA) is 38.9 Å². The fourth-order valence-corrected chi connectivity index (χ4v) is 7.36. The molecule has 3 nitrogen and oxygen atoms in total. The fraction of sp³-hybridized carbons (Fsp3) is 0.182. The summed E-state index contributed by atoms with van der Waals surface area (Å²) in [7, 11) is 0. The van der Waals surface area contributed by atoms with Crippen LogP contribution in [0.5, 0.6) is 0 Å². The van der Waals surface area contributed by atoms with Gasteiger partial charge < -0.3 is 14.4 Å². The summed E-state index contributed by atoms with van der Waals surface area (Å²) >= 11 is 1.82. The van der Waals surface area contributed by atoms with Crippen molar-refractivity contribution in [1.29, 1.82) is 0 Å². The van der Waals surface area contributed by atoms with E-state index in [1.807, 2.05) is 67.1 Å². The minimum Gasteiger partial charge on any atom is -0.501 e. The normalized spacial score (nSPS) is 11.4. The van der Waals surface area contributed by atoms with Crippen LogP contribution in [0.3, 0.4) is 0 Å². The minimum absolute atomic E-state index is 0. The number of hydrogen-bond acceptors (Lipinski definition) is 4. The summed E-state index contributed by atoms with van der Waals surface area (Å²) in [5.74, 6) is 0. The molecule has 49 heavy (non-hydrogen) atoms. The van der Waals surface area contributed by atoms with Gasteiger partial charge in [0.15, 0.2) is 0 Å². The van der Waals surface area contributed by atoms with Crippen molar-refractivity contribution in [3.05, 3.63) is 143 Å². The Morgan fingerprint density at radius 3 is 2.18 bits per heavy atom. The molecule has 1 radical (unpaired) electrons. The Labute approximate surface area is 306 Å². The number of aromatic nitrogens is 2. The van der Waals surface area contributed by atoms with Crippen molar-refractivity contribution in [3.8, 4) is 33.6 Å². The molecule has 4 aromatic heterocycles. The Kier molecular flexibility index (Phi) is 9.73. The summed E-state index contributed by atoms with van der Waals surface area (Å²) in [6, 6.07) is 38.0. The number of hydrogen-bond donors (Lipinski definition) is 0. The molecule has 0 atom stereocenters. The van der Waals surface area contributed by atoms with Crippen LogP contribution >= 0.6 is 11.3 Å². The summed E-state index contributed by atoms with van der Waals surface area (Å²) in [5.41, 5.74) is 13.0. The number of thiophene rings is 1. The van der Waals surface area contributed by atoms with E-state index in [1.54, 1.807) is 0 Å². The number of furan rings is 1. The Hall–Kier alpha value is -4.41. The maximum Gasteiger partial charge on any atom is 0.121 e. The van der Waals surface area contributed by atoms with E-state index in [2.05, 4.69) is 113 Å². The zero-order valence-electron chi connectivity index (χ0n) is 28.9. The molecule has 8 rings (SSSR count). The zero-order valence-corrected chi connectivity index (χ0v) is 32.1. The molecular formula is C44H38IrN2OS-2. The minimum atomic E-state index is -0.0332. The molecule has 247 valence electrons. The summed E-state index contributed by atoms with van der Waals surface area (Å²) in [5, 5.41) is 3.48. The van der Waals surface area contributed by atoms with Crippen LogP contribution in [0.4, 0.5) is 0 Å². The van der Waals surface area contributed by atoms with Crippen molar-refractivity contribution in [1.82, 2.24) is 9.97 Å². The molecule has 0 aliphatic carbocycles.